The standard InChI is InChI=1S/C13H6BrF3O/c14-9-1-7(2-10(15)5-9)13(18)8-3-11(16)6-12(17)4-8/h1-6H. The summed E-state index contributed by atoms with van der Waals surface area (Å²) in [6, 6.07) is 6.06. The predicted molar refractivity (Wildman–Crippen MR) is 63.9 cm³/mol. The Bertz CT molecular complexity index is 532. The smallest absolute Gasteiger partial charge is 0.193 e. The van der Waals surface area contributed by atoms with E-state index < -0.39 is 23.2 Å². The third-order valence-corrected chi connectivity index (χ3v) is 2.71. The molecule has 18 heavy (non-hydrogen) atoms. The van der Waals surface area contributed by atoms with Crippen molar-refractivity contribution in [1.82, 2.24) is 0 Å². The maximum atomic E-state index is 13.1. The van der Waals surface area contributed by atoms with E-state index in [9.17, 15) is 18.0 Å². The van der Waals surface area contributed by atoms with E-state index >= 15 is 0 Å². The zero-order valence-electron chi connectivity index (χ0n) is 8.88. The van der Waals surface area contributed by atoms with Crippen molar-refractivity contribution in [2.24, 2.45) is 0 Å². The van der Waals surface area contributed by atoms with Gasteiger partial charge >= 0.3 is 0 Å². The van der Waals surface area contributed by atoms with Gasteiger partial charge in [-0.1, -0.05) is 15.9 Å². The lowest BCUT2D eigenvalue weighted by atomic mass is 10.0. The van der Waals surface area contributed by atoms with Gasteiger partial charge in [0.1, 0.15) is 17.5 Å². The number of halogens is 4. The van der Waals surface area contributed by atoms with Gasteiger partial charge in [-0.25, -0.2) is 13.2 Å². The highest BCUT2D eigenvalue weighted by Crippen LogP contribution is 2.19. The lowest BCUT2D eigenvalue weighted by Crippen LogP contribution is -2.03. The number of benzene rings is 2. The highest BCUT2D eigenvalue weighted by Gasteiger charge is 2.13. The molecule has 0 heterocycles. The van der Waals surface area contributed by atoms with Crippen molar-refractivity contribution in [1.29, 1.82) is 0 Å². The summed E-state index contributed by atoms with van der Waals surface area (Å²) in [5.41, 5.74) is -0.142. The van der Waals surface area contributed by atoms with E-state index in [2.05, 4.69) is 15.9 Å². The lowest BCUT2D eigenvalue weighted by molar-refractivity contribution is 0.103. The summed E-state index contributed by atoms with van der Waals surface area (Å²) >= 11 is 3.04. The molecule has 0 aliphatic rings. The molecule has 0 saturated heterocycles. The molecule has 0 atom stereocenters. The third kappa shape index (κ3) is 2.79. The zero-order valence-corrected chi connectivity index (χ0v) is 10.5. The molecule has 0 radical (unpaired) electrons. The Labute approximate surface area is 109 Å². The van der Waals surface area contributed by atoms with Crippen LogP contribution in [-0.2, 0) is 0 Å². The van der Waals surface area contributed by atoms with Gasteiger partial charge in [-0.15, -0.1) is 0 Å². The first-order valence-corrected chi connectivity index (χ1v) is 5.72. The van der Waals surface area contributed by atoms with Gasteiger partial charge in [0.2, 0.25) is 0 Å². The van der Waals surface area contributed by atoms with E-state index in [-0.39, 0.29) is 11.1 Å². The van der Waals surface area contributed by atoms with Crippen molar-refractivity contribution in [2.45, 2.75) is 0 Å². The van der Waals surface area contributed by atoms with Gasteiger partial charge in [0.05, 0.1) is 0 Å². The molecular weight excluding hydrogens is 309 g/mol. The number of ketones is 1. The molecule has 0 bridgehead atoms. The van der Waals surface area contributed by atoms with Crippen LogP contribution in [-0.4, -0.2) is 5.78 Å². The van der Waals surface area contributed by atoms with Gasteiger partial charge in [-0.2, -0.15) is 0 Å². The van der Waals surface area contributed by atoms with Crippen molar-refractivity contribution >= 4 is 21.7 Å². The van der Waals surface area contributed by atoms with Crippen LogP contribution in [0.4, 0.5) is 13.2 Å². The van der Waals surface area contributed by atoms with E-state index in [1.54, 1.807) is 0 Å². The molecule has 0 aliphatic carbocycles. The first-order chi connectivity index (χ1) is 8.45. The molecule has 0 aromatic heterocycles. The summed E-state index contributed by atoms with van der Waals surface area (Å²) < 4.78 is 39.5. The van der Waals surface area contributed by atoms with Crippen molar-refractivity contribution < 1.29 is 18.0 Å². The molecule has 0 amide bonds. The van der Waals surface area contributed by atoms with E-state index in [0.717, 1.165) is 18.2 Å². The molecule has 92 valence electrons. The van der Waals surface area contributed by atoms with Crippen LogP contribution in [0.1, 0.15) is 15.9 Å². The van der Waals surface area contributed by atoms with Crippen molar-refractivity contribution in [2.75, 3.05) is 0 Å². The van der Waals surface area contributed by atoms with E-state index in [0.29, 0.717) is 10.5 Å². The number of hydrogen-bond donors (Lipinski definition) is 0. The first kappa shape index (κ1) is 12.8. The largest absolute Gasteiger partial charge is 0.289 e. The Balaban J connectivity index is 2.47. The fraction of sp³-hybridized carbons (Fsp3) is 0. The maximum absolute atomic E-state index is 13.1. The number of carbonyl (C=O) groups excluding carboxylic acids is 1. The summed E-state index contributed by atoms with van der Waals surface area (Å²) in [6.45, 7) is 0. The number of hydrogen-bond acceptors (Lipinski definition) is 1. The summed E-state index contributed by atoms with van der Waals surface area (Å²) in [7, 11) is 0. The van der Waals surface area contributed by atoms with Gasteiger partial charge in [0.25, 0.3) is 0 Å². The minimum atomic E-state index is -0.853. The highest BCUT2D eigenvalue weighted by molar-refractivity contribution is 9.10. The molecule has 0 unspecified atom stereocenters. The third-order valence-electron chi connectivity index (χ3n) is 2.25. The molecule has 0 N–H and O–H groups in total. The second kappa shape index (κ2) is 4.94. The Morgan fingerprint density at radius 2 is 1.22 bits per heavy atom. The molecule has 0 aliphatic heterocycles. The summed E-state index contributed by atoms with van der Waals surface area (Å²) in [5, 5.41) is 0. The summed E-state index contributed by atoms with van der Waals surface area (Å²) in [5.74, 6) is -2.96. The minimum Gasteiger partial charge on any atom is -0.289 e. The first-order valence-electron chi connectivity index (χ1n) is 4.92. The fourth-order valence-electron chi connectivity index (χ4n) is 1.54. The molecule has 2 aromatic carbocycles. The van der Waals surface area contributed by atoms with Crippen LogP contribution in [0.5, 0.6) is 0 Å². The van der Waals surface area contributed by atoms with Crippen molar-refractivity contribution in [3.63, 3.8) is 0 Å². The Morgan fingerprint density at radius 1 is 0.778 bits per heavy atom. The molecule has 0 spiro atoms. The summed E-state index contributed by atoms with van der Waals surface area (Å²) in [6.07, 6.45) is 0. The van der Waals surface area contributed by atoms with Crippen LogP contribution < -0.4 is 0 Å². The van der Waals surface area contributed by atoms with Crippen LogP contribution in [0.25, 0.3) is 0 Å². The van der Waals surface area contributed by atoms with Crippen LogP contribution in [0.15, 0.2) is 40.9 Å². The molecule has 0 fully saturated rings. The van der Waals surface area contributed by atoms with Gasteiger partial charge < -0.3 is 0 Å². The fourth-order valence-corrected chi connectivity index (χ4v) is 2.00. The highest BCUT2D eigenvalue weighted by atomic mass is 79.9. The van der Waals surface area contributed by atoms with E-state index in [1.807, 2.05) is 0 Å². The molecule has 1 nitrogen and oxygen atoms in total. The molecule has 5 heteroatoms. The normalized spacial score (nSPS) is 10.4. The van der Waals surface area contributed by atoms with Gasteiger partial charge in [0.15, 0.2) is 5.78 Å². The predicted octanol–water partition coefficient (Wildman–Crippen LogP) is 4.10. The summed E-state index contributed by atoms with van der Waals surface area (Å²) in [4.78, 5) is 11.9. The Morgan fingerprint density at radius 3 is 1.72 bits per heavy atom. The molecular formula is C13H6BrF3O. The number of rotatable bonds is 2. The second-order valence-corrected chi connectivity index (χ2v) is 4.56. The molecule has 2 aromatic rings. The van der Waals surface area contributed by atoms with Crippen molar-refractivity contribution in [3.05, 3.63) is 69.4 Å². The van der Waals surface area contributed by atoms with Crippen LogP contribution in [0.3, 0.4) is 0 Å². The monoisotopic (exact) mass is 314 g/mol. The van der Waals surface area contributed by atoms with Gasteiger partial charge in [-0.3, -0.25) is 4.79 Å². The number of carbonyl (C=O) groups is 1. The van der Waals surface area contributed by atoms with Crippen LogP contribution >= 0.6 is 15.9 Å². The SMILES string of the molecule is O=C(c1cc(F)cc(F)c1)c1cc(F)cc(Br)c1. The van der Waals surface area contributed by atoms with E-state index in [1.165, 1.54) is 12.1 Å². The minimum absolute atomic E-state index is 0.0203. The zero-order chi connectivity index (χ0) is 13.3. The molecule has 0 saturated carbocycles. The average Bonchev–Trinajstić information content (AvgIpc) is 2.25. The second-order valence-electron chi connectivity index (χ2n) is 3.65. The quantitative estimate of drug-likeness (QED) is 0.763. The Kier molecular flexibility index (Phi) is 3.52. The van der Waals surface area contributed by atoms with Crippen LogP contribution in [0, 0.1) is 17.5 Å². The average molecular weight is 315 g/mol. The van der Waals surface area contributed by atoms with Crippen LogP contribution in [0.2, 0.25) is 0 Å². The van der Waals surface area contributed by atoms with E-state index in [4.69, 9.17) is 0 Å². The Hall–Kier alpha value is -1.62. The van der Waals surface area contributed by atoms with Crippen molar-refractivity contribution in [3.8, 4) is 0 Å². The van der Waals surface area contributed by atoms with Gasteiger partial charge in [0, 0.05) is 21.7 Å². The van der Waals surface area contributed by atoms with Gasteiger partial charge in [-0.05, 0) is 30.3 Å². The lowest BCUT2D eigenvalue weighted by Gasteiger charge is -2.03. The maximum Gasteiger partial charge on any atom is 0.193 e. The topological polar surface area (TPSA) is 17.1 Å². The molecule has 2 rings (SSSR count).